The van der Waals surface area contributed by atoms with Crippen LogP contribution in [0.4, 0.5) is 4.39 Å². The van der Waals surface area contributed by atoms with Crippen LogP contribution in [0.15, 0.2) is 24.3 Å². The van der Waals surface area contributed by atoms with Crippen LogP contribution in [0.3, 0.4) is 0 Å². The van der Waals surface area contributed by atoms with E-state index in [0.29, 0.717) is 12.8 Å². The van der Waals surface area contributed by atoms with Gasteiger partial charge in [0.25, 0.3) is 17.9 Å². The van der Waals surface area contributed by atoms with Crippen LogP contribution in [0.25, 0.3) is 0 Å². The quantitative estimate of drug-likeness (QED) is 0.375. The Bertz CT molecular complexity index is 618. The van der Waals surface area contributed by atoms with E-state index in [-0.39, 0.29) is 31.1 Å². The smallest absolute Gasteiger partial charge is 0.455 e. The molecule has 1 aromatic rings. The van der Waals surface area contributed by atoms with E-state index in [1.165, 1.54) is 12.1 Å². The van der Waals surface area contributed by atoms with Crippen molar-refractivity contribution >= 4 is 26.7 Å². The molecule has 0 N–H and O–H groups in total. The van der Waals surface area contributed by atoms with Crippen LogP contribution in [0.2, 0.25) is 6.04 Å². The zero-order valence-electron chi connectivity index (χ0n) is 16.8. The monoisotopic (exact) mass is 412 g/mol. The average Bonchev–Trinajstić information content (AvgIpc) is 2.67. The van der Waals surface area contributed by atoms with E-state index < -0.39 is 26.7 Å². The first-order valence-corrected chi connectivity index (χ1v) is 11.7. The molecule has 1 aromatic carbocycles. The number of hydrogen-bond donors (Lipinski definition) is 0. The highest BCUT2D eigenvalue weighted by atomic mass is 28.4. The van der Waals surface area contributed by atoms with Gasteiger partial charge in [-0.15, -0.1) is 0 Å². The molecule has 0 saturated carbocycles. The molecule has 0 aromatic heterocycles. The first kappa shape index (κ1) is 23.8. The van der Waals surface area contributed by atoms with E-state index in [2.05, 4.69) is 0 Å². The molecule has 28 heavy (non-hydrogen) atoms. The van der Waals surface area contributed by atoms with Crippen LogP contribution in [0.1, 0.15) is 64.9 Å². The molecule has 0 atom stereocenters. The highest BCUT2D eigenvalue weighted by Crippen LogP contribution is 2.23. The maximum atomic E-state index is 13.2. The first-order valence-electron chi connectivity index (χ1n) is 9.74. The zero-order valence-corrected chi connectivity index (χ0v) is 17.8. The molecule has 0 unspecified atom stereocenters. The van der Waals surface area contributed by atoms with Gasteiger partial charge in [-0.1, -0.05) is 39.3 Å². The Kier molecular flexibility index (Phi) is 10.4. The second-order valence-corrected chi connectivity index (χ2v) is 8.83. The summed E-state index contributed by atoms with van der Waals surface area (Å²) >= 11 is 0. The Morgan fingerprint density at radius 2 is 1.39 bits per heavy atom. The molecule has 0 heterocycles. The molecule has 0 amide bonds. The minimum absolute atomic E-state index is 0.0850. The Morgan fingerprint density at radius 3 is 1.86 bits per heavy atom. The van der Waals surface area contributed by atoms with Crippen LogP contribution < -0.4 is 0 Å². The minimum Gasteiger partial charge on any atom is -0.455 e. The predicted octanol–water partition coefficient (Wildman–Crippen LogP) is 4.34. The molecule has 0 fully saturated rings. The summed E-state index contributed by atoms with van der Waals surface area (Å²) in [5.74, 6) is -1.98. The molecule has 156 valence electrons. The Morgan fingerprint density at radius 1 is 0.857 bits per heavy atom. The van der Waals surface area contributed by atoms with Gasteiger partial charge < -0.3 is 13.3 Å². The average molecular weight is 413 g/mol. The topological polar surface area (TPSA) is 78.9 Å². The molecule has 0 spiro atoms. The molecule has 8 heteroatoms. The third kappa shape index (κ3) is 8.64. The summed E-state index contributed by atoms with van der Waals surface area (Å²) in [6.07, 6.45) is 3.00. The lowest BCUT2D eigenvalue weighted by atomic mass is 10.1. The lowest BCUT2D eigenvalue weighted by molar-refractivity contribution is -0.150. The van der Waals surface area contributed by atoms with Crippen LogP contribution >= 0.6 is 0 Å². The third-order valence-corrected chi connectivity index (χ3v) is 6.59. The van der Waals surface area contributed by atoms with E-state index in [1.807, 2.05) is 6.07 Å². The largest absolute Gasteiger partial charge is 0.705 e. The highest BCUT2D eigenvalue weighted by Gasteiger charge is 2.52. The summed E-state index contributed by atoms with van der Waals surface area (Å²) in [5, 5.41) is 0. The Hall–Kier alpha value is -2.22. The first-order chi connectivity index (χ1) is 13.3. The van der Waals surface area contributed by atoms with E-state index in [1.54, 1.807) is 26.8 Å². The standard InChI is InChI=1S/C20H29FO6Si/c1-4-18(22)25-28(26-19(23)5-2,27-20(24)6-3)14-9-7-8-11-16-12-10-13-17(21)15-16/h10,12-13,15H,4-9,11,14H2,1-3H3. The molecule has 0 bridgehead atoms. The summed E-state index contributed by atoms with van der Waals surface area (Å²) in [6, 6.07) is 6.60. The van der Waals surface area contributed by atoms with Crippen molar-refractivity contribution in [2.45, 2.75) is 71.8 Å². The van der Waals surface area contributed by atoms with E-state index in [4.69, 9.17) is 13.3 Å². The summed E-state index contributed by atoms with van der Waals surface area (Å²) in [6.45, 7) is 4.84. The SMILES string of the molecule is CCC(=O)O[Si](CCCCCc1cccc(F)c1)(OC(=O)CC)OC(=O)CC. The third-order valence-electron chi connectivity index (χ3n) is 4.01. The van der Waals surface area contributed by atoms with Gasteiger partial charge >= 0.3 is 8.80 Å². The Labute approximate surface area is 166 Å². The maximum Gasteiger partial charge on any atom is 0.705 e. The molecule has 0 aliphatic heterocycles. The molecule has 0 aliphatic rings. The van der Waals surface area contributed by atoms with Gasteiger partial charge in [-0.3, -0.25) is 14.4 Å². The summed E-state index contributed by atoms with van der Waals surface area (Å²) < 4.78 is 29.4. The van der Waals surface area contributed by atoms with Gasteiger partial charge in [-0.05, 0) is 37.0 Å². The maximum absolute atomic E-state index is 13.2. The van der Waals surface area contributed by atoms with Gasteiger partial charge in [0.2, 0.25) is 0 Å². The number of carbonyl (C=O) groups excluding carboxylic acids is 3. The van der Waals surface area contributed by atoms with Crippen molar-refractivity contribution in [2.75, 3.05) is 0 Å². The van der Waals surface area contributed by atoms with Gasteiger partial charge in [0, 0.05) is 19.3 Å². The fraction of sp³-hybridized carbons (Fsp3) is 0.550. The number of carbonyl (C=O) groups is 3. The molecular formula is C20H29FO6Si. The van der Waals surface area contributed by atoms with Gasteiger partial charge in [-0.2, -0.15) is 0 Å². The predicted molar refractivity (Wildman–Crippen MR) is 104 cm³/mol. The number of aryl methyl sites for hydroxylation is 1. The van der Waals surface area contributed by atoms with E-state index in [0.717, 1.165) is 18.4 Å². The fourth-order valence-corrected chi connectivity index (χ4v) is 5.08. The summed E-state index contributed by atoms with van der Waals surface area (Å²) in [5.41, 5.74) is 0.899. The van der Waals surface area contributed by atoms with Crippen LogP contribution in [-0.2, 0) is 34.1 Å². The van der Waals surface area contributed by atoms with Crippen LogP contribution in [0.5, 0.6) is 0 Å². The molecule has 1 rings (SSSR count). The lowest BCUT2D eigenvalue weighted by Crippen LogP contribution is -2.50. The fourth-order valence-electron chi connectivity index (χ4n) is 2.49. The van der Waals surface area contributed by atoms with Crippen molar-refractivity contribution in [1.29, 1.82) is 0 Å². The number of unbranched alkanes of at least 4 members (excludes halogenated alkanes) is 2. The number of rotatable bonds is 12. The second kappa shape index (κ2) is 12.3. The van der Waals surface area contributed by atoms with Gasteiger partial charge in [0.15, 0.2) is 0 Å². The van der Waals surface area contributed by atoms with Crippen molar-refractivity contribution in [3.05, 3.63) is 35.6 Å². The molecule has 0 radical (unpaired) electrons. The normalized spacial score (nSPS) is 11.0. The molecule has 0 aliphatic carbocycles. The van der Waals surface area contributed by atoms with Crippen molar-refractivity contribution < 1.29 is 32.1 Å². The molecule has 0 saturated heterocycles. The van der Waals surface area contributed by atoms with Crippen LogP contribution in [-0.4, -0.2) is 26.7 Å². The number of hydrogen-bond acceptors (Lipinski definition) is 6. The van der Waals surface area contributed by atoms with Crippen molar-refractivity contribution in [3.63, 3.8) is 0 Å². The van der Waals surface area contributed by atoms with Gasteiger partial charge in [0.1, 0.15) is 5.82 Å². The van der Waals surface area contributed by atoms with Crippen LogP contribution in [0, 0.1) is 5.82 Å². The number of benzene rings is 1. The van der Waals surface area contributed by atoms with Gasteiger partial charge in [0.05, 0.1) is 6.04 Å². The molecule has 6 nitrogen and oxygen atoms in total. The minimum atomic E-state index is -3.79. The Balaban J connectivity index is 2.73. The summed E-state index contributed by atoms with van der Waals surface area (Å²) in [4.78, 5) is 35.6. The number of halogens is 1. The van der Waals surface area contributed by atoms with Gasteiger partial charge in [-0.25, -0.2) is 4.39 Å². The summed E-state index contributed by atoms with van der Waals surface area (Å²) in [7, 11) is -3.79. The second-order valence-electron chi connectivity index (χ2n) is 6.36. The van der Waals surface area contributed by atoms with E-state index in [9.17, 15) is 18.8 Å². The van der Waals surface area contributed by atoms with E-state index >= 15 is 0 Å². The van der Waals surface area contributed by atoms with Crippen molar-refractivity contribution in [2.24, 2.45) is 0 Å². The highest BCUT2D eigenvalue weighted by molar-refractivity contribution is 6.65. The lowest BCUT2D eigenvalue weighted by Gasteiger charge is -2.27. The van der Waals surface area contributed by atoms with Crippen molar-refractivity contribution in [3.8, 4) is 0 Å². The zero-order chi connectivity index (χ0) is 21.0. The molecular weight excluding hydrogens is 383 g/mol. The van der Waals surface area contributed by atoms with Crippen molar-refractivity contribution in [1.82, 2.24) is 0 Å².